The molecule has 11 nitrogen and oxygen atoms in total. The van der Waals surface area contributed by atoms with Crippen molar-refractivity contribution in [3.63, 3.8) is 0 Å². The van der Waals surface area contributed by atoms with E-state index in [1.54, 1.807) is 13.0 Å². The van der Waals surface area contributed by atoms with Gasteiger partial charge in [-0.15, -0.1) is 0 Å². The lowest BCUT2D eigenvalue weighted by Gasteiger charge is -2.41. The Labute approximate surface area is 273 Å². The molecular weight excluding hydrogens is 653 g/mol. The van der Waals surface area contributed by atoms with E-state index in [9.17, 15) is 29.6 Å². The first-order chi connectivity index (χ1) is 21.8. The molecule has 1 heterocycles. The van der Waals surface area contributed by atoms with Crippen LogP contribution in [-0.2, 0) is 25.7 Å². The largest absolute Gasteiger partial charge is 0.487 e. The van der Waals surface area contributed by atoms with Crippen LogP contribution in [0.2, 0.25) is 10.0 Å². The van der Waals surface area contributed by atoms with E-state index in [0.29, 0.717) is 23.3 Å². The zero-order valence-electron chi connectivity index (χ0n) is 24.8. The summed E-state index contributed by atoms with van der Waals surface area (Å²) in [6.45, 7) is 2.85. The number of halogens is 4. The average molecular weight is 688 g/mol. The predicted molar refractivity (Wildman–Crippen MR) is 162 cm³/mol. The van der Waals surface area contributed by atoms with E-state index in [2.05, 4.69) is 10.5 Å². The summed E-state index contributed by atoms with van der Waals surface area (Å²) in [4.78, 5) is 18.2. The lowest BCUT2D eigenvalue weighted by molar-refractivity contribution is -0.155. The number of ether oxygens (including phenoxy) is 3. The molecule has 3 aliphatic rings. The maximum atomic E-state index is 15.0. The molecule has 0 unspecified atom stereocenters. The Morgan fingerprint density at radius 3 is 2.48 bits per heavy atom. The molecule has 46 heavy (non-hydrogen) atoms. The number of nitrogens with zero attached hydrogens (tertiary/aromatic N) is 1. The van der Waals surface area contributed by atoms with Gasteiger partial charge in [-0.25, -0.2) is 8.78 Å². The van der Waals surface area contributed by atoms with E-state index in [1.807, 2.05) is 0 Å². The van der Waals surface area contributed by atoms with Crippen molar-refractivity contribution in [3.05, 3.63) is 68.7 Å². The molecule has 0 bridgehead atoms. The number of hydrogen-bond acceptors (Lipinski definition) is 10. The number of aliphatic hydroxyl groups is 4. The molecule has 2 saturated carbocycles. The van der Waals surface area contributed by atoms with Crippen molar-refractivity contribution in [3.8, 4) is 5.75 Å². The maximum Gasteiger partial charge on any atom is 0.247 e. The molecule has 2 aromatic rings. The Balaban J connectivity index is 1.16. The molecule has 2 aliphatic carbocycles. The highest BCUT2D eigenvalue weighted by molar-refractivity contribution is 6.42. The van der Waals surface area contributed by atoms with Crippen molar-refractivity contribution in [1.29, 1.82) is 0 Å². The van der Waals surface area contributed by atoms with Crippen LogP contribution < -0.4 is 10.1 Å². The van der Waals surface area contributed by atoms with Crippen LogP contribution in [0.15, 0.2) is 41.1 Å². The van der Waals surface area contributed by atoms with Crippen LogP contribution in [0.1, 0.15) is 37.8 Å². The predicted octanol–water partition coefficient (Wildman–Crippen LogP) is 3.11. The molecule has 2 aromatic carbocycles. The third-order valence-corrected chi connectivity index (χ3v) is 9.25. The van der Waals surface area contributed by atoms with E-state index in [1.165, 1.54) is 31.2 Å². The number of rotatable bonds is 9. The second-order valence-electron chi connectivity index (χ2n) is 11.6. The minimum atomic E-state index is -1.50. The highest BCUT2D eigenvalue weighted by Gasteiger charge is 2.53. The van der Waals surface area contributed by atoms with E-state index in [4.69, 9.17) is 42.3 Å². The summed E-state index contributed by atoms with van der Waals surface area (Å²) in [7, 11) is 0. The number of carbonyl (C=O) groups excluding carboxylic acids is 1. The lowest BCUT2D eigenvalue weighted by Crippen LogP contribution is -2.67. The molecule has 0 spiro atoms. The van der Waals surface area contributed by atoms with Crippen LogP contribution in [0.3, 0.4) is 0 Å². The monoisotopic (exact) mass is 686 g/mol. The standard InChI is InChI=1S/C31H34Cl2F2N2O9/c1-13(31(42)36-25-26(39)28(41)30-29(27(25)40)43-12-44-30)5-15-3-4-23(21(35)6-15)46-18-9-19(22(38)10-18)14(2)37-45-11-16-7-17(34)8-20(32)24(16)33/h3-8,18-19,22,25-30,38-41H,9-12H2,1-2H3,(H,36,42)/b13-5+,37-14+/t18-,19+,22+,25+,26-,27+,28+,29-,30+/m0/s1. The second kappa shape index (κ2) is 14.5. The number of aliphatic hydroxyl groups excluding tert-OH is 4. The first-order valence-corrected chi connectivity index (χ1v) is 15.3. The number of carbonyl (C=O) groups is 1. The van der Waals surface area contributed by atoms with Crippen molar-refractivity contribution < 1.29 is 53.0 Å². The summed E-state index contributed by atoms with van der Waals surface area (Å²) in [6.07, 6.45) is -5.42. The molecular formula is C31H34Cl2F2N2O9. The van der Waals surface area contributed by atoms with Gasteiger partial charge >= 0.3 is 0 Å². The SMILES string of the molecule is C/C(=C\c1ccc(O[C@@H]2C[C@@H](O)[C@@H](/C(C)=N/OCc3cc(F)cc(Cl)c3Cl)C2)c(F)c1)C(=O)N[C@@H]1[C@H](O)[C@@H](O)[C@H]2OCO[C@H]2[C@@H]1O. The molecule has 0 aromatic heterocycles. The van der Waals surface area contributed by atoms with Gasteiger partial charge in [0.05, 0.1) is 27.9 Å². The molecule has 5 rings (SSSR count). The Morgan fingerprint density at radius 1 is 1.04 bits per heavy atom. The summed E-state index contributed by atoms with van der Waals surface area (Å²) < 4.78 is 45.0. The third kappa shape index (κ3) is 7.47. The summed E-state index contributed by atoms with van der Waals surface area (Å²) in [6, 6.07) is 5.19. The van der Waals surface area contributed by atoms with Crippen molar-refractivity contribution in [1.82, 2.24) is 5.32 Å². The third-order valence-electron chi connectivity index (χ3n) is 8.41. The van der Waals surface area contributed by atoms with Gasteiger partial charge in [-0.1, -0.05) is 34.4 Å². The minimum absolute atomic E-state index is 0.0451. The zero-order valence-corrected chi connectivity index (χ0v) is 26.3. The van der Waals surface area contributed by atoms with E-state index in [0.717, 1.165) is 6.07 Å². The second-order valence-corrected chi connectivity index (χ2v) is 12.4. The number of hydrogen-bond donors (Lipinski definition) is 5. The molecule has 1 amide bonds. The molecule has 250 valence electrons. The Bertz CT molecular complexity index is 1510. The van der Waals surface area contributed by atoms with Gasteiger partial charge in [0, 0.05) is 23.5 Å². The molecule has 1 aliphatic heterocycles. The molecule has 3 fully saturated rings. The Morgan fingerprint density at radius 2 is 1.76 bits per heavy atom. The van der Waals surface area contributed by atoms with Gasteiger partial charge in [-0.2, -0.15) is 0 Å². The van der Waals surface area contributed by atoms with Crippen LogP contribution in [0.25, 0.3) is 6.08 Å². The number of amides is 1. The van der Waals surface area contributed by atoms with Crippen molar-refractivity contribution >= 4 is 40.9 Å². The summed E-state index contributed by atoms with van der Waals surface area (Å²) in [5.41, 5.74) is 1.28. The minimum Gasteiger partial charge on any atom is -0.487 e. The van der Waals surface area contributed by atoms with Crippen LogP contribution in [0.5, 0.6) is 5.75 Å². The van der Waals surface area contributed by atoms with Gasteiger partial charge in [0.25, 0.3) is 0 Å². The van der Waals surface area contributed by atoms with Gasteiger partial charge in [0.15, 0.2) is 11.6 Å². The zero-order chi connectivity index (χ0) is 33.3. The average Bonchev–Trinajstić information content (AvgIpc) is 3.65. The fraction of sp³-hybridized carbons (Fsp3) is 0.484. The highest BCUT2D eigenvalue weighted by atomic mass is 35.5. The van der Waals surface area contributed by atoms with Gasteiger partial charge in [0.2, 0.25) is 5.91 Å². The number of fused-ring (bicyclic) bond motifs is 1. The lowest BCUT2D eigenvalue weighted by atomic mass is 9.83. The molecule has 15 heteroatoms. The van der Waals surface area contributed by atoms with E-state index in [-0.39, 0.29) is 41.2 Å². The van der Waals surface area contributed by atoms with Crippen molar-refractivity contribution in [2.45, 2.75) is 82.1 Å². The number of benzene rings is 2. The fourth-order valence-corrected chi connectivity index (χ4v) is 6.31. The molecule has 0 radical (unpaired) electrons. The smallest absolute Gasteiger partial charge is 0.247 e. The highest BCUT2D eigenvalue weighted by Crippen LogP contribution is 2.33. The normalized spacial score (nSPS) is 31.5. The van der Waals surface area contributed by atoms with Crippen LogP contribution in [-0.4, -0.2) is 87.6 Å². The van der Waals surface area contributed by atoms with Crippen LogP contribution >= 0.6 is 23.2 Å². The van der Waals surface area contributed by atoms with Crippen molar-refractivity contribution in [2.24, 2.45) is 11.1 Å². The summed E-state index contributed by atoms with van der Waals surface area (Å²) >= 11 is 12.0. The topological polar surface area (TPSA) is 159 Å². The van der Waals surface area contributed by atoms with Gasteiger partial charge in [-0.3, -0.25) is 4.79 Å². The summed E-state index contributed by atoms with van der Waals surface area (Å²) in [5, 5.41) is 48.7. The van der Waals surface area contributed by atoms with E-state index >= 15 is 4.39 Å². The Hall–Kier alpha value is -2.88. The van der Waals surface area contributed by atoms with Crippen molar-refractivity contribution in [2.75, 3.05) is 6.79 Å². The maximum absolute atomic E-state index is 15.0. The van der Waals surface area contributed by atoms with Gasteiger partial charge in [-0.05, 0) is 56.2 Å². The first-order valence-electron chi connectivity index (χ1n) is 14.5. The number of nitrogens with one attached hydrogen (secondary N) is 1. The molecule has 9 atom stereocenters. The molecule has 5 N–H and O–H groups in total. The number of oxime groups is 1. The molecule has 1 saturated heterocycles. The van der Waals surface area contributed by atoms with Crippen LogP contribution in [0.4, 0.5) is 8.78 Å². The first kappa shape index (κ1) is 34.5. The van der Waals surface area contributed by atoms with Gasteiger partial charge in [0.1, 0.15) is 55.8 Å². The summed E-state index contributed by atoms with van der Waals surface area (Å²) in [5.74, 6) is -2.38. The quantitative estimate of drug-likeness (QED) is 0.116. The van der Waals surface area contributed by atoms with Gasteiger partial charge < -0.3 is 44.8 Å². The van der Waals surface area contributed by atoms with E-state index < -0.39 is 72.2 Å². The Kier molecular flexibility index (Phi) is 10.8. The van der Waals surface area contributed by atoms with Crippen LogP contribution in [0, 0.1) is 17.6 Å². The fourth-order valence-electron chi connectivity index (χ4n) is 5.92.